The van der Waals surface area contributed by atoms with E-state index < -0.39 is 0 Å². The lowest BCUT2D eigenvalue weighted by molar-refractivity contribution is -0.134. The molecule has 1 aliphatic heterocycles. The van der Waals surface area contributed by atoms with Gasteiger partial charge in [-0.2, -0.15) is 5.10 Å². The molecular formula is C38H44Cl3N5O2. The predicted molar refractivity (Wildman–Crippen MR) is 197 cm³/mol. The summed E-state index contributed by atoms with van der Waals surface area (Å²) in [5.74, 6) is -0.0113. The zero-order valence-corrected chi connectivity index (χ0v) is 30.0. The Labute approximate surface area is 299 Å². The average Bonchev–Trinajstić information content (AvgIpc) is 3.44. The van der Waals surface area contributed by atoms with Gasteiger partial charge in [0.2, 0.25) is 5.91 Å². The molecule has 0 aliphatic carbocycles. The molecule has 254 valence electrons. The summed E-state index contributed by atoms with van der Waals surface area (Å²) in [7, 11) is 0. The van der Waals surface area contributed by atoms with Crippen LogP contribution in [0.4, 0.5) is 0 Å². The summed E-state index contributed by atoms with van der Waals surface area (Å²) >= 11 is 18.9. The molecule has 1 fully saturated rings. The summed E-state index contributed by atoms with van der Waals surface area (Å²) in [5, 5.41) is 9.33. The van der Waals surface area contributed by atoms with E-state index in [4.69, 9.17) is 39.9 Å². The minimum atomic E-state index is -0.242. The molecule has 0 unspecified atom stereocenters. The first kappa shape index (κ1) is 35.9. The number of carbonyl (C=O) groups excluding carboxylic acids is 2. The molecule has 1 saturated heterocycles. The lowest BCUT2D eigenvalue weighted by atomic mass is 10.0. The fraction of sp³-hybridized carbons (Fsp3) is 0.395. The topological polar surface area (TPSA) is 70.5 Å². The van der Waals surface area contributed by atoms with Gasteiger partial charge >= 0.3 is 0 Å². The molecule has 10 heteroatoms. The number of hydrogen-bond donors (Lipinski definition) is 1. The quantitative estimate of drug-likeness (QED) is 0.133. The second-order valence-electron chi connectivity index (χ2n) is 12.4. The van der Waals surface area contributed by atoms with Crippen LogP contribution in [0.2, 0.25) is 15.1 Å². The molecule has 4 aromatic rings. The third-order valence-corrected chi connectivity index (χ3v) is 9.92. The number of carbonyl (C=O) groups is 2. The molecule has 1 aromatic heterocycles. The second kappa shape index (κ2) is 17.3. The van der Waals surface area contributed by atoms with Gasteiger partial charge in [0, 0.05) is 66.4 Å². The molecular weight excluding hydrogens is 665 g/mol. The molecule has 0 spiro atoms. The number of piperidine rings is 1. The van der Waals surface area contributed by atoms with Gasteiger partial charge in [-0.05, 0) is 81.3 Å². The van der Waals surface area contributed by atoms with Gasteiger partial charge in [-0.25, -0.2) is 4.68 Å². The van der Waals surface area contributed by atoms with Gasteiger partial charge in [-0.3, -0.25) is 9.59 Å². The number of halogens is 3. The molecule has 3 aromatic carbocycles. The van der Waals surface area contributed by atoms with Gasteiger partial charge in [0.25, 0.3) is 5.91 Å². The van der Waals surface area contributed by atoms with E-state index in [1.807, 2.05) is 38.1 Å². The van der Waals surface area contributed by atoms with Crippen molar-refractivity contribution in [2.24, 2.45) is 0 Å². The van der Waals surface area contributed by atoms with Crippen LogP contribution in [0.25, 0.3) is 16.9 Å². The molecule has 0 atom stereocenters. The maximum atomic E-state index is 13.4. The molecule has 2 amide bonds. The minimum Gasteiger partial charge on any atom is -0.351 e. The largest absolute Gasteiger partial charge is 0.351 e. The smallest absolute Gasteiger partial charge is 0.272 e. The van der Waals surface area contributed by atoms with E-state index in [-0.39, 0.29) is 11.8 Å². The monoisotopic (exact) mass is 707 g/mol. The molecule has 7 nitrogen and oxygen atoms in total. The van der Waals surface area contributed by atoms with Crippen molar-refractivity contribution in [1.29, 1.82) is 0 Å². The highest BCUT2D eigenvalue weighted by atomic mass is 35.5. The van der Waals surface area contributed by atoms with Crippen LogP contribution < -0.4 is 5.32 Å². The highest BCUT2D eigenvalue weighted by Crippen LogP contribution is 2.33. The van der Waals surface area contributed by atoms with E-state index in [2.05, 4.69) is 45.4 Å². The van der Waals surface area contributed by atoms with Crippen molar-refractivity contribution in [3.63, 3.8) is 0 Å². The number of likely N-dealkylation sites (tertiary alicyclic amines) is 1. The first-order valence-corrected chi connectivity index (χ1v) is 18.0. The number of amides is 2. The van der Waals surface area contributed by atoms with Crippen LogP contribution in [0.3, 0.4) is 0 Å². The fourth-order valence-corrected chi connectivity index (χ4v) is 7.07. The van der Waals surface area contributed by atoms with Gasteiger partial charge in [-0.15, -0.1) is 0 Å². The van der Waals surface area contributed by atoms with Crippen molar-refractivity contribution < 1.29 is 9.59 Å². The van der Waals surface area contributed by atoms with Crippen LogP contribution in [-0.4, -0.2) is 70.2 Å². The first-order valence-electron chi connectivity index (χ1n) is 16.9. The molecule has 1 aliphatic rings. The molecule has 0 saturated carbocycles. The Morgan fingerprint density at radius 1 is 0.917 bits per heavy atom. The molecule has 0 bridgehead atoms. The van der Waals surface area contributed by atoms with E-state index in [9.17, 15) is 9.59 Å². The Hall–Kier alpha value is -3.36. The predicted octanol–water partition coefficient (Wildman–Crippen LogP) is 8.65. The number of nitrogens with one attached hydrogen (secondary N) is 1. The molecule has 1 N–H and O–H groups in total. The van der Waals surface area contributed by atoms with E-state index in [0.717, 1.165) is 81.5 Å². The Kier molecular flexibility index (Phi) is 13.0. The lowest BCUT2D eigenvalue weighted by Gasteiger charge is -2.38. The Balaban J connectivity index is 1.13. The first-order chi connectivity index (χ1) is 23.2. The van der Waals surface area contributed by atoms with E-state index >= 15 is 0 Å². The Morgan fingerprint density at radius 3 is 2.31 bits per heavy atom. The zero-order chi connectivity index (χ0) is 34.0. The summed E-state index contributed by atoms with van der Waals surface area (Å²) in [4.78, 5) is 30.9. The maximum Gasteiger partial charge on any atom is 0.272 e. The van der Waals surface area contributed by atoms with Crippen molar-refractivity contribution >= 4 is 46.6 Å². The van der Waals surface area contributed by atoms with Crippen LogP contribution in [0.15, 0.2) is 72.8 Å². The summed E-state index contributed by atoms with van der Waals surface area (Å²) in [5.41, 5.74) is 4.68. The van der Waals surface area contributed by atoms with Crippen molar-refractivity contribution in [3.05, 3.63) is 105 Å². The third-order valence-electron chi connectivity index (χ3n) is 9.13. The van der Waals surface area contributed by atoms with Gasteiger partial charge in [0.05, 0.1) is 16.4 Å². The van der Waals surface area contributed by atoms with Crippen LogP contribution in [0, 0.1) is 6.92 Å². The SMILES string of the molecule is CCC(=O)N(CCCCCNC(=O)c1nn(-c2ccc(Cl)cc2Cl)c(-c2ccc(Cl)cc2)c1C)C1CCN(CCc2ccccc2)CC1. The molecule has 0 radical (unpaired) electrons. The zero-order valence-electron chi connectivity index (χ0n) is 27.7. The van der Waals surface area contributed by atoms with Crippen LogP contribution in [0.5, 0.6) is 0 Å². The lowest BCUT2D eigenvalue weighted by Crippen LogP contribution is -2.48. The summed E-state index contributed by atoms with van der Waals surface area (Å²) in [6.07, 6.45) is 6.23. The summed E-state index contributed by atoms with van der Waals surface area (Å²) < 4.78 is 1.69. The number of benzene rings is 3. The number of rotatable bonds is 14. The Bertz CT molecular complexity index is 1670. The molecule has 48 heavy (non-hydrogen) atoms. The highest BCUT2D eigenvalue weighted by Gasteiger charge is 2.27. The van der Waals surface area contributed by atoms with Crippen molar-refractivity contribution in [3.8, 4) is 16.9 Å². The standard InChI is InChI=1S/C38H44Cl3N5O2/c1-3-35(47)45(32-19-24-44(25-20-32)23-18-28-10-6-4-7-11-28)22-9-5-8-21-42-38(48)36-27(2)37(29-12-14-30(39)15-13-29)46(43-36)34-17-16-31(40)26-33(34)41/h4,6-7,10-17,26,32H,3,5,8-9,18-25H2,1-2H3,(H,42,48). The highest BCUT2D eigenvalue weighted by molar-refractivity contribution is 6.35. The van der Waals surface area contributed by atoms with E-state index in [0.29, 0.717) is 45.5 Å². The number of unbranched alkanes of at least 4 members (excludes halogenated alkanes) is 2. The van der Waals surface area contributed by atoms with Crippen molar-refractivity contribution in [2.45, 2.75) is 64.8 Å². The van der Waals surface area contributed by atoms with Gasteiger partial charge in [-0.1, -0.05) is 84.2 Å². The molecule has 2 heterocycles. The summed E-state index contributed by atoms with van der Waals surface area (Å²) in [6.45, 7) is 8.21. The number of aromatic nitrogens is 2. The number of hydrogen-bond acceptors (Lipinski definition) is 4. The van der Waals surface area contributed by atoms with Crippen LogP contribution >= 0.6 is 34.8 Å². The normalized spacial score (nSPS) is 13.9. The van der Waals surface area contributed by atoms with Crippen LogP contribution in [-0.2, 0) is 11.2 Å². The summed E-state index contributed by atoms with van der Waals surface area (Å²) in [6, 6.07) is 23.5. The van der Waals surface area contributed by atoms with E-state index in [1.54, 1.807) is 22.9 Å². The van der Waals surface area contributed by atoms with Crippen molar-refractivity contribution in [1.82, 2.24) is 24.9 Å². The van der Waals surface area contributed by atoms with E-state index in [1.165, 1.54) is 5.56 Å². The van der Waals surface area contributed by atoms with Crippen molar-refractivity contribution in [2.75, 3.05) is 32.7 Å². The maximum absolute atomic E-state index is 13.4. The van der Waals surface area contributed by atoms with Gasteiger partial charge < -0.3 is 15.1 Å². The third kappa shape index (κ3) is 9.20. The molecule has 5 rings (SSSR count). The minimum absolute atomic E-state index is 0.231. The second-order valence-corrected chi connectivity index (χ2v) is 13.7. The number of nitrogens with zero attached hydrogens (tertiary/aromatic N) is 4. The van der Waals surface area contributed by atoms with Crippen LogP contribution in [0.1, 0.15) is 67.1 Å². The average molecular weight is 709 g/mol. The fourth-order valence-electron chi connectivity index (χ4n) is 6.46. The van der Waals surface area contributed by atoms with Gasteiger partial charge in [0.1, 0.15) is 0 Å². The van der Waals surface area contributed by atoms with Gasteiger partial charge in [0.15, 0.2) is 5.69 Å². The Morgan fingerprint density at radius 2 is 1.62 bits per heavy atom.